The normalized spacial score (nSPS) is 17.8. The van der Waals surface area contributed by atoms with Crippen LogP contribution in [0.5, 0.6) is 0 Å². The van der Waals surface area contributed by atoms with Crippen LogP contribution in [0, 0.1) is 5.92 Å². The summed E-state index contributed by atoms with van der Waals surface area (Å²) in [5.41, 5.74) is 0. The van der Waals surface area contributed by atoms with Crippen molar-refractivity contribution < 1.29 is 4.52 Å². The van der Waals surface area contributed by atoms with Crippen LogP contribution in [0.1, 0.15) is 18.6 Å². The number of nitrogens with zero attached hydrogens (tertiary/aromatic N) is 2. The van der Waals surface area contributed by atoms with E-state index in [1.807, 2.05) is 6.92 Å². The average molecular weight is 167 g/mol. The van der Waals surface area contributed by atoms with Crippen LogP contribution >= 0.6 is 0 Å². The second kappa shape index (κ2) is 3.23. The van der Waals surface area contributed by atoms with Crippen molar-refractivity contribution in [3.05, 3.63) is 11.7 Å². The number of rotatable bonds is 3. The Hall–Kier alpha value is -0.900. The number of nitrogens with one attached hydrogen (secondary N) is 1. The largest absolute Gasteiger partial charge is 0.339 e. The van der Waals surface area contributed by atoms with Gasteiger partial charge >= 0.3 is 0 Å². The Kier molecular flexibility index (Phi) is 2.08. The van der Waals surface area contributed by atoms with E-state index in [4.69, 9.17) is 4.52 Å². The van der Waals surface area contributed by atoms with Gasteiger partial charge in [0.25, 0.3) is 0 Å². The molecule has 0 atom stereocenters. The predicted octanol–water partition coefficient (Wildman–Crippen LogP) is 0.394. The van der Waals surface area contributed by atoms with Crippen LogP contribution in [-0.2, 0) is 12.8 Å². The molecule has 1 aromatic rings. The Balaban J connectivity index is 1.93. The van der Waals surface area contributed by atoms with Crippen molar-refractivity contribution in [2.45, 2.75) is 19.8 Å². The van der Waals surface area contributed by atoms with Crippen LogP contribution in [0.25, 0.3) is 0 Å². The van der Waals surface area contributed by atoms with E-state index in [2.05, 4.69) is 15.5 Å². The van der Waals surface area contributed by atoms with Gasteiger partial charge in [0.05, 0.1) is 0 Å². The standard InChI is InChI=1S/C8H13N3O/c1-2-7-10-8(12-11-7)3-6-4-9-5-6/h6,9H,2-5H2,1H3. The van der Waals surface area contributed by atoms with E-state index in [1.165, 1.54) is 0 Å². The molecule has 1 N–H and O–H groups in total. The second-order valence-electron chi connectivity index (χ2n) is 3.19. The van der Waals surface area contributed by atoms with Gasteiger partial charge in [-0.05, 0) is 19.0 Å². The summed E-state index contributed by atoms with van der Waals surface area (Å²) >= 11 is 0. The Morgan fingerprint density at radius 3 is 2.92 bits per heavy atom. The van der Waals surface area contributed by atoms with Crippen molar-refractivity contribution in [2.24, 2.45) is 5.92 Å². The average Bonchev–Trinajstić information content (AvgIpc) is 2.44. The lowest BCUT2D eigenvalue weighted by Crippen LogP contribution is -2.43. The van der Waals surface area contributed by atoms with E-state index in [1.54, 1.807) is 0 Å². The summed E-state index contributed by atoms with van der Waals surface area (Å²) in [5, 5.41) is 7.05. The molecule has 0 aromatic carbocycles. The molecule has 0 unspecified atom stereocenters. The van der Waals surface area contributed by atoms with E-state index in [-0.39, 0.29) is 0 Å². The molecular weight excluding hydrogens is 154 g/mol. The Bertz CT molecular complexity index is 255. The molecule has 2 heterocycles. The lowest BCUT2D eigenvalue weighted by Gasteiger charge is -2.25. The van der Waals surface area contributed by atoms with Crippen LogP contribution in [0.3, 0.4) is 0 Å². The van der Waals surface area contributed by atoms with Gasteiger partial charge in [0.2, 0.25) is 5.89 Å². The minimum atomic E-state index is 0.704. The van der Waals surface area contributed by atoms with E-state index >= 15 is 0 Å². The Morgan fingerprint density at radius 1 is 1.58 bits per heavy atom. The summed E-state index contributed by atoms with van der Waals surface area (Å²) in [5.74, 6) is 2.31. The molecule has 1 aliphatic heterocycles. The van der Waals surface area contributed by atoms with Crippen molar-refractivity contribution in [1.82, 2.24) is 15.5 Å². The zero-order valence-corrected chi connectivity index (χ0v) is 7.21. The highest BCUT2D eigenvalue weighted by molar-refractivity contribution is 4.90. The molecule has 2 rings (SSSR count). The van der Waals surface area contributed by atoms with Gasteiger partial charge in [-0.1, -0.05) is 12.1 Å². The molecule has 0 saturated carbocycles. The molecule has 1 fully saturated rings. The van der Waals surface area contributed by atoms with Gasteiger partial charge in [-0.15, -0.1) is 0 Å². The van der Waals surface area contributed by atoms with Crippen molar-refractivity contribution in [1.29, 1.82) is 0 Å². The predicted molar refractivity (Wildman–Crippen MR) is 43.7 cm³/mol. The van der Waals surface area contributed by atoms with Gasteiger partial charge in [0, 0.05) is 12.8 Å². The first-order chi connectivity index (χ1) is 5.88. The summed E-state index contributed by atoms with van der Waals surface area (Å²) in [6, 6.07) is 0. The number of hydrogen-bond acceptors (Lipinski definition) is 4. The van der Waals surface area contributed by atoms with Crippen molar-refractivity contribution >= 4 is 0 Å². The Morgan fingerprint density at radius 2 is 2.42 bits per heavy atom. The van der Waals surface area contributed by atoms with Crippen molar-refractivity contribution in [3.8, 4) is 0 Å². The minimum absolute atomic E-state index is 0.704. The summed E-state index contributed by atoms with van der Waals surface area (Å²) in [6.07, 6.45) is 1.78. The summed E-state index contributed by atoms with van der Waals surface area (Å²) in [6.45, 7) is 4.20. The van der Waals surface area contributed by atoms with Gasteiger partial charge in [-0.25, -0.2) is 0 Å². The Labute approximate surface area is 71.4 Å². The van der Waals surface area contributed by atoms with Gasteiger partial charge in [-0.3, -0.25) is 0 Å². The first-order valence-electron chi connectivity index (χ1n) is 4.40. The maximum Gasteiger partial charge on any atom is 0.227 e. The SMILES string of the molecule is CCc1noc(CC2CNC2)n1. The van der Waals surface area contributed by atoms with Gasteiger partial charge in [0.1, 0.15) is 0 Å². The summed E-state index contributed by atoms with van der Waals surface area (Å²) < 4.78 is 5.07. The van der Waals surface area contributed by atoms with Crippen LogP contribution in [-0.4, -0.2) is 23.2 Å². The fraction of sp³-hybridized carbons (Fsp3) is 0.750. The van der Waals surface area contributed by atoms with Gasteiger partial charge in [-0.2, -0.15) is 4.98 Å². The monoisotopic (exact) mass is 167 g/mol. The number of aryl methyl sites for hydroxylation is 1. The summed E-state index contributed by atoms with van der Waals surface area (Å²) in [4.78, 5) is 4.24. The molecule has 0 bridgehead atoms. The van der Waals surface area contributed by atoms with Crippen molar-refractivity contribution in [3.63, 3.8) is 0 Å². The zero-order chi connectivity index (χ0) is 8.39. The van der Waals surface area contributed by atoms with E-state index in [0.717, 1.165) is 37.6 Å². The van der Waals surface area contributed by atoms with Gasteiger partial charge < -0.3 is 9.84 Å². The fourth-order valence-corrected chi connectivity index (χ4v) is 1.26. The first kappa shape index (κ1) is 7.73. The molecule has 4 heteroatoms. The molecule has 1 aliphatic rings. The highest BCUT2D eigenvalue weighted by Gasteiger charge is 2.19. The zero-order valence-electron chi connectivity index (χ0n) is 7.21. The molecule has 12 heavy (non-hydrogen) atoms. The number of aromatic nitrogens is 2. The second-order valence-corrected chi connectivity index (χ2v) is 3.19. The molecule has 66 valence electrons. The molecular formula is C8H13N3O. The van der Waals surface area contributed by atoms with E-state index < -0.39 is 0 Å². The molecule has 1 aromatic heterocycles. The smallest absolute Gasteiger partial charge is 0.227 e. The lowest BCUT2D eigenvalue weighted by molar-refractivity contribution is 0.295. The minimum Gasteiger partial charge on any atom is -0.339 e. The molecule has 0 radical (unpaired) electrons. The third-order valence-electron chi connectivity index (χ3n) is 2.16. The van der Waals surface area contributed by atoms with Crippen LogP contribution in [0.15, 0.2) is 4.52 Å². The maximum absolute atomic E-state index is 5.07. The quantitative estimate of drug-likeness (QED) is 0.707. The van der Waals surface area contributed by atoms with E-state index in [0.29, 0.717) is 5.92 Å². The molecule has 1 saturated heterocycles. The molecule has 0 amide bonds. The van der Waals surface area contributed by atoms with Crippen LogP contribution in [0.2, 0.25) is 0 Å². The topological polar surface area (TPSA) is 51.0 Å². The highest BCUT2D eigenvalue weighted by atomic mass is 16.5. The number of hydrogen-bond donors (Lipinski definition) is 1. The summed E-state index contributed by atoms with van der Waals surface area (Å²) in [7, 11) is 0. The third-order valence-corrected chi connectivity index (χ3v) is 2.16. The van der Waals surface area contributed by atoms with Crippen LogP contribution < -0.4 is 5.32 Å². The van der Waals surface area contributed by atoms with E-state index in [9.17, 15) is 0 Å². The van der Waals surface area contributed by atoms with Crippen LogP contribution in [0.4, 0.5) is 0 Å². The molecule has 4 nitrogen and oxygen atoms in total. The molecule has 0 spiro atoms. The highest BCUT2D eigenvalue weighted by Crippen LogP contribution is 2.10. The fourth-order valence-electron chi connectivity index (χ4n) is 1.26. The maximum atomic E-state index is 5.07. The lowest BCUT2D eigenvalue weighted by atomic mass is 10.00. The molecule has 0 aliphatic carbocycles. The van der Waals surface area contributed by atoms with Crippen molar-refractivity contribution in [2.75, 3.05) is 13.1 Å². The first-order valence-corrected chi connectivity index (χ1v) is 4.40. The van der Waals surface area contributed by atoms with Gasteiger partial charge in [0.15, 0.2) is 5.82 Å². The third kappa shape index (κ3) is 1.48.